The van der Waals surface area contributed by atoms with E-state index in [0.717, 1.165) is 6.67 Å². The molecule has 1 aliphatic heterocycles. The van der Waals surface area contributed by atoms with Crippen molar-refractivity contribution >= 4 is 0 Å². The fourth-order valence-electron chi connectivity index (χ4n) is 4.46. The Bertz CT molecular complexity index is 380. The largest absolute Gasteiger partial charge is 0.359 e. The lowest BCUT2D eigenvalue weighted by Crippen LogP contribution is -2.37. The van der Waals surface area contributed by atoms with Gasteiger partial charge in [0.05, 0.1) is 12.8 Å². The second-order valence-electron chi connectivity index (χ2n) is 9.72. The zero-order valence-electron chi connectivity index (χ0n) is 20.8. The Morgan fingerprint density at radius 1 is 0.600 bits per heavy atom. The second kappa shape index (κ2) is 20.2. The van der Waals surface area contributed by atoms with E-state index in [9.17, 15) is 0 Å². The van der Waals surface area contributed by atoms with Crippen LogP contribution < -0.4 is 5.73 Å². The first-order valence-electron chi connectivity index (χ1n) is 13.7. The van der Waals surface area contributed by atoms with Crippen LogP contribution in [-0.4, -0.2) is 29.2 Å². The summed E-state index contributed by atoms with van der Waals surface area (Å²) in [5.74, 6) is 0. The van der Waals surface area contributed by atoms with Crippen LogP contribution in [0.1, 0.15) is 142 Å². The fraction of sp³-hybridized carbons (Fsp3) is 0.926. The Balaban J connectivity index is 1.68. The van der Waals surface area contributed by atoms with Crippen molar-refractivity contribution < 1.29 is 0 Å². The molecule has 0 bridgehead atoms. The summed E-state index contributed by atoms with van der Waals surface area (Å²) < 4.78 is 0. The minimum absolute atomic E-state index is 0.126. The van der Waals surface area contributed by atoms with Gasteiger partial charge in [0.25, 0.3) is 0 Å². The van der Waals surface area contributed by atoms with Gasteiger partial charge in [0.2, 0.25) is 0 Å². The molecule has 0 aliphatic carbocycles. The van der Waals surface area contributed by atoms with Crippen LogP contribution in [0.2, 0.25) is 0 Å². The first-order valence-corrected chi connectivity index (χ1v) is 13.7. The molecule has 1 atom stereocenters. The third-order valence-corrected chi connectivity index (χ3v) is 6.64. The Hall–Kier alpha value is -0.700. The predicted octanol–water partition coefficient (Wildman–Crippen LogP) is 8.16. The molecule has 0 aromatic heterocycles. The van der Waals surface area contributed by atoms with Gasteiger partial charge in [-0.05, 0) is 13.3 Å². The summed E-state index contributed by atoms with van der Waals surface area (Å²) >= 11 is 0. The summed E-state index contributed by atoms with van der Waals surface area (Å²) in [5.41, 5.74) is 5.91. The van der Waals surface area contributed by atoms with Gasteiger partial charge in [-0.1, -0.05) is 129 Å². The van der Waals surface area contributed by atoms with Crippen molar-refractivity contribution in [1.29, 1.82) is 0 Å². The lowest BCUT2D eigenvalue weighted by atomic mass is 10.0. The molecule has 3 nitrogen and oxygen atoms in total. The topological polar surface area (TPSA) is 32.5 Å². The number of rotatable bonds is 22. The van der Waals surface area contributed by atoms with Crippen LogP contribution in [0, 0.1) is 0 Å². The van der Waals surface area contributed by atoms with Gasteiger partial charge < -0.3 is 15.5 Å². The molecule has 0 fully saturated rings. The zero-order chi connectivity index (χ0) is 21.7. The first kappa shape index (κ1) is 27.3. The molecule has 1 aliphatic rings. The zero-order valence-corrected chi connectivity index (χ0v) is 20.8. The van der Waals surface area contributed by atoms with Gasteiger partial charge in [-0.3, -0.25) is 0 Å². The molecule has 2 N–H and O–H groups in total. The summed E-state index contributed by atoms with van der Waals surface area (Å²) in [5, 5.41) is 0. The van der Waals surface area contributed by atoms with Crippen LogP contribution in [0.3, 0.4) is 0 Å². The van der Waals surface area contributed by atoms with E-state index in [2.05, 4.69) is 29.1 Å². The SMILES string of the molecule is CCCCCCCCCCCCCCCCCCCCCCN1C=CN(C(C)N)C1. The highest BCUT2D eigenvalue weighted by Crippen LogP contribution is 2.15. The third-order valence-electron chi connectivity index (χ3n) is 6.64. The van der Waals surface area contributed by atoms with E-state index in [-0.39, 0.29) is 6.17 Å². The fourth-order valence-corrected chi connectivity index (χ4v) is 4.46. The molecule has 1 unspecified atom stereocenters. The summed E-state index contributed by atoms with van der Waals surface area (Å²) in [6.45, 7) is 6.50. The lowest BCUT2D eigenvalue weighted by molar-refractivity contribution is 0.222. The lowest BCUT2D eigenvalue weighted by Gasteiger charge is -2.24. The normalized spacial score (nSPS) is 14.8. The molecule has 0 aromatic rings. The highest BCUT2D eigenvalue weighted by molar-refractivity contribution is 4.91. The standard InChI is InChI=1S/C27H55N3/c1-3-4-5-6-7-8-9-10-11-12-13-14-15-16-17-18-19-20-21-22-23-29-24-25-30(26-29)27(2)28/h24-25,27H,3-23,26,28H2,1-2H3. The smallest absolute Gasteiger partial charge is 0.0908 e. The van der Waals surface area contributed by atoms with Crippen LogP contribution in [-0.2, 0) is 0 Å². The Kier molecular flexibility index (Phi) is 18.4. The number of nitrogens with zero attached hydrogens (tertiary/aromatic N) is 2. The van der Waals surface area contributed by atoms with E-state index in [1.54, 1.807) is 0 Å². The predicted molar refractivity (Wildman–Crippen MR) is 134 cm³/mol. The molecular weight excluding hydrogens is 366 g/mol. The van der Waals surface area contributed by atoms with E-state index in [1.807, 2.05) is 6.92 Å². The van der Waals surface area contributed by atoms with Crippen LogP contribution in [0.5, 0.6) is 0 Å². The van der Waals surface area contributed by atoms with Gasteiger partial charge in [-0.25, -0.2) is 0 Å². The molecule has 0 saturated heterocycles. The summed E-state index contributed by atoms with van der Waals surface area (Å²) in [6.07, 6.45) is 33.3. The average molecular weight is 422 g/mol. The van der Waals surface area contributed by atoms with Gasteiger partial charge in [0.1, 0.15) is 0 Å². The molecule has 0 aromatic carbocycles. The van der Waals surface area contributed by atoms with Gasteiger partial charge >= 0.3 is 0 Å². The van der Waals surface area contributed by atoms with E-state index >= 15 is 0 Å². The number of hydrogen-bond acceptors (Lipinski definition) is 3. The Morgan fingerprint density at radius 3 is 1.30 bits per heavy atom. The van der Waals surface area contributed by atoms with Crippen molar-refractivity contribution in [3.05, 3.63) is 12.4 Å². The third kappa shape index (κ3) is 16.1. The minimum atomic E-state index is 0.126. The highest BCUT2D eigenvalue weighted by Gasteiger charge is 2.13. The van der Waals surface area contributed by atoms with Gasteiger partial charge in [-0.15, -0.1) is 0 Å². The quantitative estimate of drug-likeness (QED) is 0.179. The van der Waals surface area contributed by atoms with Gasteiger partial charge in [0.15, 0.2) is 0 Å². The maximum absolute atomic E-state index is 5.91. The van der Waals surface area contributed by atoms with E-state index in [0.29, 0.717) is 0 Å². The van der Waals surface area contributed by atoms with Crippen molar-refractivity contribution in [2.45, 2.75) is 148 Å². The van der Waals surface area contributed by atoms with Crippen LogP contribution in [0.4, 0.5) is 0 Å². The van der Waals surface area contributed by atoms with Crippen molar-refractivity contribution in [2.24, 2.45) is 5.73 Å². The van der Waals surface area contributed by atoms with E-state index in [1.165, 1.54) is 135 Å². The first-order chi connectivity index (χ1) is 14.7. The maximum atomic E-state index is 5.91. The molecule has 30 heavy (non-hydrogen) atoms. The molecule has 1 rings (SSSR count). The van der Waals surface area contributed by atoms with Crippen molar-refractivity contribution in [1.82, 2.24) is 9.80 Å². The van der Waals surface area contributed by atoms with Crippen LogP contribution >= 0.6 is 0 Å². The number of nitrogens with two attached hydrogens (primary N) is 1. The second-order valence-corrected chi connectivity index (χ2v) is 9.72. The molecule has 0 radical (unpaired) electrons. The summed E-state index contributed by atoms with van der Waals surface area (Å²) in [6, 6.07) is 0. The van der Waals surface area contributed by atoms with E-state index in [4.69, 9.17) is 5.73 Å². The summed E-state index contributed by atoms with van der Waals surface area (Å²) in [7, 11) is 0. The Labute approximate surface area is 189 Å². The van der Waals surface area contributed by atoms with Crippen molar-refractivity contribution in [3.8, 4) is 0 Å². The molecule has 3 heteroatoms. The van der Waals surface area contributed by atoms with Gasteiger partial charge in [-0.2, -0.15) is 0 Å². The molecule has 178 valence electrons. The van der Waals surface area contributed by atoms with Gasteiger partial charge in [0, 0.05) is 18.9 Å². The van der Waals surface area contributed by atoms with Crippen molar-refractivity contribution in [2.75, 3.05) is 13.2 Å². The molecular formula is C27H55N3. The number of unbranched alkanes of at least 4 members (excludes halogenated alkanes) is 19. The molecule has 0 amide bonds. The minimum Gasteiger partial charge on any atom is -0.359 e. The molecule has 1 heterocycles. The van der Waals surface area contributed by atoms with Crippen LogP contribution in [0.25, 0.3) is 0 Å². The number of hydrogen-bond donors (Lipinski definition) is 1. The Morgan fingerprint density at radius 2 is 0.967 bits per heavy atom. The molecule has 0 spiro atoms. The van der Waals surface area contributed by atoms with Crippen molar-refractivity contribution in [3.63, 3.8) is 0 Å². The molecule has 0 saturated carbocycles. The summed E-state index contributed by atoms with van der Waals surface area (Å²) in [4.78, 5) is 4.58. The van der Waals surface area contributed by atoms with E-state index < -0.39 is 0 Å². The average Bonchev–Trinajstić information content (AvgIpc) is 3.22. The monoisotopic (exact) mass is 421 g/mol. The maximum Gasteiger partial charge on any atom is 0.0908 e. The highest BCUT2D eigenvalue weighted by atomic mass is 15.4. The van der Waals surface area contributed by atoms with Crippen LogP contribution in [0.15, 0.2) is 12.4 Å².